The maximum Gasteiger partial charge on any atom is 0.282 e. The number of furan rings is 1. The summed E-state index contributed by atoms with van der Waals surface area (Å²) in [5.41, 5.74) is 1.75. The normalized spacial score (nSPS) is 12.5. The summed E-state index contributed by atoms with van der Waals surface area (Å²) in [6.45, 7) is 4.15. The van der Waals surface area contributed by atoms with Crippen LogP contribution < -0.4 is 15.0 Å². The van der Waals surface area contributed by atoms with Crippen LogP contribution in [0.3, 0.4) is 0 Å². The molecule has 5 aromatic rings. The van der Waals surface area contributed by atoms with Crippen molar-refractivity contribution >= 4 is 73.3 Å². The Bertz CT molecular complexity index is 1680. The molecule has 0 amide bonds. The van der Waals surface area contributed by atoms with Gasteiger partial charge in [-0.2, -0.15) is 9.78 Å². The molecule has 2 aromatic heterocycles. The van der Waals surface area contributed by atoms with Crippen molar-refractivity contribution in [1.82, 2.24) is 9.66 Å². The number of methoxy groups -OCH3 is 1. The summed E-state index contributed by atoms with van der Waals surface area (Å²) in [6.07, 6.45) is 2.69. The lowest BCUT2D eigenvalue weighted by atomic mass is 10.2. The topological polar surface area (TPSA) is 78.8 Å². The van der Waals surface area contributed by atoms with Crippen LogP contribution in [0.25, 0.3) is 33.5 Å². The number of rotatable bonds is 7. The molecule has 0 N–H and O–H groups in total. The van der Waals surface area contributed by atoms with Crippen LogP contribution in [0.15, 0.2) is 75.0 Å². The lowest BCUT2D eigenvalue weighted by Gasteiger charge is -2.16. The average molecular weight is 719 g/mol. The molecule has 37 heavy (non-hydrogen) atoms. The Morgan fingerprint density at radius 2 is 1.84 bits per heavy atom. The number of halogens is 2. The van der Waals surface area contributed by atoms with Gasteiger partial charge in [0.05, 0.1) is 42.9 Å². The van der Waals surface area contributed by atoms with Crippen molar-refractivity contribution in [2.75, 3.05) is 7.11 Å². The van der Waals surface area contributed by atoms with Gasteiger partial charge in [-0.3, -0.25) is 4.79 Å². The summed E-state index contributed by atoms with van der Waals surface area (Å²) in [4.78, 5) is 18.3. The molecule has 0 bridgehead atoms. The van der Waals surface area contributed by atoms with E-state index in [-0.39, 0.29) is 11.7 Å². The van der Waals surface area contributed by atoms with E-state index in [1.165, 1.54) is 4.68 Å². The smallest absolute Gasteiger partial charge is 0.282 e. The third kappa shape index (κ3) is 5.11. The second-order valence-electron chi connectivity index (χ2n) is 8.45. The minimum absolute atomic E-state index is 0.119. The van der Waals surface area contributed by atoms with Crippen LogP contribution >= 0.6 is 45.2 Å². The Balaban J connectivity index is 1.64. The van der Waals surface area contributed by atoms with Gasteiger partial charge in [-0.1, -0.05) is 25.1 Å². The molecule has 5 rings (SSSR count). The molecule has 2 heterocycles. The monoisotopic (exact) mass is 719 g/mol. The summed E-state index contributed by atoms with van der Waals surface area (Å²) in [5.74, 6) is 2.25. The third-order valence-corrected chi connectivity index (χ3v) is 7.55. The molecule has 0 aliphatic rings. The fourth-order valence-electron chi connectivity index (χ4n) is 3.89. The molecule has 0 saturated carbocycles. The Hall–Kier alpha value is -2.93. The van der Waals surface area contributed by atoms with Gasteiger partial charge in [-0.05, 0) is 107 Å². The van der Waals surface area contributed by atoms with Gasteiger partial charge in [0.15, 0.2) is 5.76 Å². The molecule has 0 fully saturated rings. The fourth-order valence-corrected chi connectivity index (χ4v) is 5.96. The quantitative estimate of drug-likeness (QED) is 0.133. The molecule has 188 valence electrons. The predicted octanol–water partition coefficient (Wildman–Crippen LogP) is 7.09. The molecule has 0 radical (unpaired) electrons. The molecular formula is C28H23I2N3O4. The second-order valence-corrected chi connectivity index (χ2v) is 10.8. The van der Waals surface area contributed by atoms with Crippen LogP contribution in [-0.2, 0) is 0 Å². The zero-order valence-corrected chi connectivity index (χ0v) is 24.7. The molecule has 3 aromatic carbocycles. The Morgan fingerprint density at radius 1 is 1.08 bits per heavy atom. The maximum absolute atomic E-state index is 13.5. The number of aromatic nitrogens is 2. The van der Waals surface area contributed by atoms with Crippen LogP contribution in [0.1, 0.15) is 25.8 Å². The Kier molecular flexibility index (Phi) is 7.52. The van der Waals surface area contributed by atoms with Gasteiger partial charge in [0.2, 0.25) is 5.82 Å². The first-order valence-electron chi connectivity index (χ1n) is 11.7. The van der Waals surface area contributed by atoms with Crippen molar-refractivity contribution in [1.29, 1.82) is 0 Å². The van der Waals surface area contributed by atoms with Crippen molar-refractivity contribution in [3.05, 3.63) is 83.7 Å². The Morgan fingerprint density at radius 3 is 2.57 bits per heavy atom. The summed E-state index contributed by atoms with van der Waals surface area (Å²) in [5, 5.41) is 5.84. The maximum atomic E-state index is 13.5. The minimum atomic E-state index is -0.287. The highest BCUT2D eigenvalue weighted by atomic mass is 127. The predicted molar refractivity (Wildman–Crippen MR) is 163 cm³/mol. The molecule has 0 aliphatic heterocycles. The van der Waals surface area contributed by atoms with E-state index in [2.05, 4.69) is 64.1 Å². The molecule has 0 saturated heterocycles. The van der Waals surface area contributed by atoms with E-state index in [0.717, 1.165) is 30.3 Å². The first-order valence-corrected chi connectivity index (χ1v) is 13.8. The van der Waals surface area contributed by atoms with Crippen molar-refractivity contribution in [3.8, 4) is 23.1 Å². The van der Waals surface area contributed by atoms with E-state index in [9.17, 15) is 4.79 Å². The van der Waals surface area contributed by atoms with Crippen LogP contribution in [0, 0.1) is 7.14 Å². The molecule has 0 spiro atoms. The van der Waals surface area contributed by atoms with Gasteiger partial charge in [0.25, 0.3) is 5.56 Å². The third-order valence-electron chi connectivity index (χ3n) is 5.95. The SMILES string of the molecule is CC[C@@H](C)Oc1c(I)cc(C=Nn2c(-c3cc4c(OC)cccc4o3)nc3ccccc3c2=O)cc1I. The van der Waals surface area contributed by atoms with E-state index in [4.69, 9.17) is 18.9 Å². The van der Waals surface area contributed by atoms with Crippen LogP contribution in [0.2, 0.25) is 0 Å². The molecule has 7 nitrogen and oxygen atoms in total. The van der Waals surface area contributed by atoms with Crippen molar-refractivity contribution in [2.45, 2.75) is 26.4 Å². The van der Waals surface area contributed by atoms with Crippen molar-refractivity contribution < 1.29 is 13.9 Å². The number of para-hydroxylation sites is 1. The highest BCUT2D eigenvalue weighted by molar-refractivity contribution is 14.1. The van der Waals surface area contributed by atoms with Gasteiger partial charge < -0.3 is 13.9 Å². The number of hydrogen-bond acceptors (Lipinski definition) is 6. The zero-order chi connectivity index (χ0) is 26.1. The molecule has 0 aliphatic carbocycles. The lowest BCUT2D eigenvalue weighted by Crippen LogP contribution is -2.20. The van der Waals surface area contributed by atoms with E-state index in [1.54, 1.807) is 25.5 Å². The van der Waals surface area contributed by atoms with Gasteiger partial charge in [0.1, 0.15) is 17.1 Å². The summed E-state index contributed by atoms with van der Waals surface area (Å²) < 4.78 is 20.9. The van der Waals surface area contributed by atoms with Gasteiger partial charge in [-0.15, -0.1) is 0 Å². The average Bonchev–Trinajstić information content (AvgIpc) is 3.34. The lowest BCUT2D eigenvalue weighted by molar-refractivity contribution is 0.214. The van der Waals surface area contributed by atoms with Crippen molar-refractivity contribution in [2.24, 2.45) is 5.10 Å². The highest BCUT2D eigenvalue weighted by Crippen LogP contribution is 2.33. The molecule has 1 atom stereocenters. The summed E-state index contributed by atoms with van der Waals surface area (Å²) >= 11 is 4.53. The zero-order valence-electron chi connectivity index (χ0n) is 20.4. The van der Waals surface area contributed by atoms with Crippen LogP contribution in [0.4, 0.5) is 0 Å². The fraction of sp³-hybridized carbons (Fsp3) is 0.179. The van der Waals surface area contributed by atoms with Gasteiger partial charge >= 0.3 is 0 Å². The van der Waals surface area contributed by atoms with E-state index >= 15 is 0 Å². The number of benzene rings is 3. The van der Waals surface area contributed by atoms with E-state index in [1.807, 2.05) is 48.5 Å². The Labute approximate surface area is 240 Å². The number of nitrogens with zero attached hydrogens (tertiary/aromatic N) is 3. The second kappa shape index (κ2) is 10.8. The molecular weight excluding hydrogens is 696 g/mol. The van der Waals surface area contributed by atoms with Crippen LogP contribution in [0.5, 0.6) is 11.5 Å². The first kappa shape index (κ1) is 25.7. The number of fused-ring (bicyclic) bond motifs is 2. The van der Waals surface area contributed by atoms with E-state index < -0.39 is 0 Å². The standard InChI is InChI=1S/C28H23I2N3O4/c1-4-16(2)36-26-20(29)12-17(13-21(26)30)15-31-33-27(32-22-9-6-5-8-18(22)28(33)34)25-14-19-23(35-3)10-7-11-24(19)37-25/h5-16H,4H2,1-3H3/t16-/m1/s1. The summed E-state index contributed by atoms with van der Waals surface area (Å²) in [6, 6.07) is 18.6. The van der Waals surface area contributed by atoms with Gasteiger partial charge in [0, 0.05) is 0 Å². The van der Waals surface area contributed by atoms with Crippen LogP contribution in [-0.4, -0.2) is 29.1 Å². The van der Waals surface area contributed by atoms with E-state index in [0.29, 0.717) is 33.8 Å². The first-order chi connectivity index (χ1) is 17.9. The number of ether oxygens (including phenoxy) is 2. The highest BCUT2D eigenvalue weighted by Gasteiger charge is 2.18. The largest absolute Gasteiger partial charge is 0.496 e. The summed E-state index contributed by atoms with van der Waals surface area (Å²) in [7, 11) is 1.61. The molecule has 0 unspecified atom stereocenters. The molecule has 9 heteroatoms. The van der Waals surface area contributed by atoms with Gasteiger partial charge in [-0.25, -0.2) is 4.98 Å². The number of hydrogen-bond donors (Lipinski definition) is 0. The minimum Gasteiger partial charge on any atom is -0.496 e. The van der Waals surface area contributed by atoms with Crippen molar-refractivity contribution in [3.63, 3.8) is 0 Å².